The molecule has 0 bridgehead atoms. The van der Waals surface area contributed by atoms with Gasteiger partial charge in [-0.3, -0.25) is 14.9 Å². The molecule has 3 N–H and O–H groups in total. The van der Waals surface area contributed by atoms with Crippen molar-refractivity contribution in [3.63, 3.8) is 0 Å². The minimum absolute atomic E-state index is 0.0291. The SMILES string of the molecule is C[C@H](OC(=O)c1cc([N+](=O)[O-])ccc1N)C(=O)Nc1ccc(F)c(Cl)c1. The Kier molecular flexibility index (Phi) is 5.73. The number of nitrogens with two attached hydrogens (primary N) is 1. The smallest absolute Gasteiger partial charge is 0.341 e. The molecule has 2 rings (SSSR count). The van der Waals surface area contributed by atoms with E-state index in [1.165, 1.54) is 25.1 Å². The highest BCUT2D eigenvalue weighted by molar-refractivity contribution is 6.31. The molecule has 136 valence electrons. The van der Waals surface area contributed by atoms with Gasteiger partial charge in [0.05, 0.1) is 15.5 Å². The molecule has 0 radical (unpaired) electrons. The third-order valence-electron chi connectivity index (χ3n) is 3.31. The molecule has 2 aromatic rings. The number of non-ortho nitro benzene ring substituents is 1. The normalized spacial score (nSPS) is 11.5. The van der Waals surface area contributed by atoms with Gasteiger partial charge >= 0.3 is 5.97 Å². The number of halogens is 2. The first-order chi connectivity index (χ1) is 12.2. The van der Waals surface area contributed by atoms with E-state index in [-0.39, 0.29) is 27.6 Å². The number of ether oxygens (including phenoxy) is 1. The van der Waals surface area contributed by atoms with Crippen molar-refractivity contribution in [1.29, 1.82) is 0 Å². The van der Waals surface area contributed by atoms with Crippen LogP contribution < -0.4 is 11.1 Å². The second-order valence-corrected chi connectivity index (χ2v) is 5.60. The van der Waals surface area contributed by atoms with Crippen LogP contribution in [0.4, 0.5) is 21.5 Å². The average Bonchev–Trinajstić information content (AvgIpc) is 2.58. The number of benzene rings is 2. The molecule has 1 amide bonds. The van der Waals surface area contributed by atoms with Crippen LogP contribution in [0.5, 0.6) is 0 Å². The van der Waals surface area contributed by atoms with Gasteiger partial charge in [-0.25, -0.2) is 9.18 Å². The summed E-state index contributed by atoms with van der Waals surface area (Å²) in [5.41, 5.74) is 5.22. The lowest BCUT2D eigenvalue weighted by Gasteiger charge is -2.14. The van der Waals surface area contributed by atoms with Gasteiger partial charge in [0.1, 0.15) is 5.82 Å². The van der Waals surface area contributed by atoms with Crippen LogP contribution in [0, 0.1) is 15.9 Å². The summed E-state index contributed by atoms with van der Waals surface area (Å²) in [6, 6.07) is 6.84. The van der Waals surface area contributed by atoms with Crippen LogP contribution >= 0.6 is 11.6 Å². The Morgan fingerprint density at radius 3 is 2.62 bits per heavy atom. The van der Waals surface area contributed by atoms with Gasteiger partial charge in [-0.1, -0.05) is 11.6 Å². The summed E-state index contributed by atoms with van der Waals surface area (Å²) in [7, 11) is 0. The van der Waals surface area contributed by atoms with Crippen molar-refractivity contribution in [2.75, 3.05) is 11.1 Å². The van der Waals surface area contributed by atoms with E-state index in [4.69, 9.17) is 22.1 Å². The number of hydrogen-bond acceptors (Lipinski definition) is 6. The van der Waals surface area contributed by atoms with Crippen molar-refractivity contribution in [3.8, 4) is 0 Å². The Hall–Kier alpha value is -3.20. The second kappa shape index (κ2) is 7.79. The lowest BCUT2D eigenvalue weighted by molar-refractivity contribution is -0.384. The van der Waals surface area contributed by atoms with Crippen LogP contribution in [0.3, 0.4) is 0 Å². The Balaban J connectivity index is 2.08. The van der Waals surface area contributed by atoms with Crippen molar-refractivity contribution >= 4 is 40.5 Å². The van der Waals surface area contributed by atoms with Gasteiger partial charge in [-0.2, -0.15) is 0 Å². The molecule has 2 aromatic carbocycles. The van der Waals surface area contributed by atoms with E-state index in [1.807, 2.05) is 0 Å². The second-order valence-electron chi connectivity index (χ2n) is 5.19. The molecule has 0 saturated carbocycles. The summed E-state index contributed by atoms with van der Waals surface area (Å²) in [5, 5.41) is 13.0. The number of carbonyl (C=O) groups excluding carboxylic acids is 2. The zero-order chi connectivity index (χ0) is 19.4. The summed E-state index contributed by atoms with van der Waals surface area (Å²) in [5.74, 6) is -2.35. The Labute approximate surface area is 151 Å². The van der Waals surface area contributed by atoms with Crippen molar-refractivity contribution in [1.82, 2.24) is 0 Å². The van der Waals surface area contributed by atoms with Gasteiger partial charge in [0.15, 0.2) is 6.10 Å². The third-order valence-corrected chi connectivity index (χ3v) is 3.60. The highest BCUT2D eigenvalue weighted by Gasteiger charge is 2.22. The van der Waals surface area contributed by atoms with Gasteiger partial charge in [0.25, 0.3) is 11.6 Å². The molecule has 0 saturated heterocycles. The maximum atomic E-state index is 13.1. The molecule has 0 aliphatic heterocycles. The third kappa shape index (κ3) is 4.45. The maximum absolute atomic E-state index is 13.1. The minimum Gasteiger partial charge on any atom is -0.449 e. The summed E-state index contributed by atoms with van der Waals surface area (Å²) >= 11 is 5.62. The summed E-state index contributed by atoms with van der Waals surface area (Å²) in [6.45, 7) is 1.30. The summed E-state index contributed by atoms with van der Waals surface area (Å²) < 4.78 is 18.1. The molecule has 26 heavy (non-hydrogen) atoms. The first-order valence-electron chi connectivity index (χ1n) is 7.20. The van der Waals surface area contributed by atoms with E-state index in [2.05, 4.69) is 5.32 Å². The molecule has 0 fully saturated rings. The number of nitro groups is 1. The van der Waals surface area contributed by atoms with E-state index < -0.39 is 28.7 Å². The van der Waals surface area contributed by atoms with Crippen LogP contribution in [0.1, 0.15) is 17.3 Å². The molecule has 0 aromatic heterocycles. The lowest BCUT2D eigenvalue weighted by Crippen LogP contribution is -2.30. The maximum Gasteiger partial charge on any atom is 0.341 e. The molecule has 0 unspecified atom stereocenters. The quantitative estimate of drug-likeness (QED) is 0.355. The summed E-state index contributed by atoms with van der Waals surface area (Å²) in [6.07, 6.45) is -1.25. The molecular formula is C16H13ClFN3O5. The predicted octanol–water partition coefficient (Wildman–Crippen LogP) is 3.15. The van der Waals surface area contributed by atoms with Crippen molar-refractivity contribution in [2.45, 2.75) is 13.0 Å². The molecule has 0 aliphatic rings. The van der Waals surface area contributed by atoms with E-state index >= 15 is 0 Å². The number of hydrogen-bond donors (Lipinski definition) is 2. The molecule has 0 spiro atoms. The number of nitrogens with zero attached hydrogens (tertiary/aromatic N) is 1. The summed E-state index contributed by atoms with van der Waals surface area (Å²) in [4.78, 5) is 34.3. The van der Waals surface area contributed by atoms with Crippen LogP contribution in [-0.2, 0) is 9.53 Å². The van der Waals surface area contributed by atoms with Crippen molar-refractivity contribution in [3.05, 3.63) is 62.9 Å². The van der Waals surface area contributed by atoms with Crippen LogP contribution in [-0.4, -0.2) is 22.9 Å². The number of rotatable bonds is 5. The standard InChI is InChI=1S/C16H13ClFN3O5/c1-8(15(22)20-9-2-4-13(18)12(17)6-9)26-16(23)11-7-10(21(24)25)3-5-14(11)19/h2-8H,19H2,1H3,(H,20,22)/t8-/m0/s1. The number of amides is 1. The average molecular weight is 382 g/mol. The fraction of sp³-hybridized carbons (Fsp3) is 0.125. The number of nitrogens with one attached hydrogen (secondary N) is 1. The molecule has 0 heterocycles. The Morgan fingerprint density at radius 2 is 2.00 bits per heavy atom. The van der Waals surface area contributed by atoms with Gasteiger partial charge < -0.3 is 15.8 Å². The zero-order valence-electron chi connectivity index (χ0n) is 13.4. The number of nitrogen functional groups attached to an aromatic ring is 1. The molecular weight excluding hydrogens is 369 g/mol. The zero-order valence-corrected chi connectivity index (χ0v) is 14.1. The first kappa shape index (κ1) is 19.1. The van der Waals surface area contributed by atoms with Gasteiger partial charge in [0.2, 0.25) is 0 Å². The lowest BCUT2D eigenvalue weighted by atomic mass is 10.1. The fourth-order valence-corrected chi connectivity index (χ4v) is 2.11. The number of carbonyl (C=O) groups is 2. The Bertz CT molecular complexity index is 890. The largest absolute Gasteiger partial charge is 0.449 e. The topological polar surface area (TPSA) is 125 Å². The number of nitro benzene ring substituents is 1. The van der Waals surface area contributed by atoms with Crippen LogP contribution in [0.2, 0.25) is 5.02 Å². The van der Waals surface area contributed by atoms with Crippen LogP contribution in [0.25, 0.3) is 0 Å². The Morgan fingerprint density at radius 1 is 1.31 bits per heavy atom. The molecule has 1 atom stereocenters. The van der Waals surface area contributed by atoms with E-state index in [0.717, 1.165) is 18.2 Å². The van der Waals surface area contributed by atoms with E-state index in [1.54, 1.807) is 0 Å². The number of esters is 1. The van der Waals surface area contributed by atoms with Gasteiger partial charge in [-0.15, -0.1) is 0 Å². The van der Waals surface area contributed by atoms with E-state index in [0.29, 0.717) is 0 Å². The predicted molar refractivity (Wildman–Crippen MR) is 92.4 cm³/mol. The van der Waals surface area contributed by atoms with E-state index in [9.17, 15) is 24.1 Å². The monoisotopic (exact) mass is 381 g/mol. The minimum atomic E-state index is -1.25. The first-order valence-corrected chi connectivity index (χ1v) is 7.57. The molecule has 0 aliphatic carbocycles. The number of anilines is 2. The van der Waals surface area contributed by atoms with Gasteiger partial charge in [0, 0.05) is 23.5 Å². The van der Waals surface area contributed by atoms with Crippen molar-refractivity contribution in [2.24, 2.45) is 0 Å². The van der Waals surface area contributed by atoms with Gasteiger partial charge in [-0.05, 0) is 31.2 Å². The van der Waals surface area contributed by atoms with Crippen molar-refractivity contribution < 1.29 is 23.6 Å². The molecule has 8 nitrogen and oxygen atoms in total. The van der Waals surface area contributed by atoms with Crippen LogP contribution in [0.15, 0.2) is 36.4 Å². The highest BCUT2D eigenvalue weighted by atomic mass is 35.5. The fourth-order valence-electron chi connectivity index (χ4n) is 1.93. The highest BCUT2D eigenvalue weighted by Crippen LogP contribution is 2.22. The molecule has 10 heteroatoms.